The summed E-state index contributed by atoms with van der Waals surface area (Å²) in [5, 5.41) is 6.22. The van der Waals surface area contributed by atoms with Gasteiger partial charge in [0.2, 0.25) is 0 Å². The molecule has 12 aromatic rings. The summed E-state index contributed by atoms with van der Waals surface area (Å²) in [6.45, 7) is 0. The van der Waals surface area contributed by atoms with Crippen LogP contribution in [0.25, 0.3) is 94.5 Å². The third kappa shape index (κ3) is 6.01. The van der Waals surface area contributed by atoms with Gasteiger partial charge >= 0.3 is 0 Å². The van der Waals surface area contributed by atoms with Crippen molar-refractivity contribution in [3.05, 3.63) is 206 Å². The number of hydrogen-bond donors (Lipinski definition) is 0. The van der Waals surface area contributed by atoms with E-state index < -0.39 is 0 Å². The van der Waals surface area contributed by atoms with Crippen LogP contribution in [0.4, 0.5) is 17.1 Å². The molecule has 0 spiro atoms. The molecule has 3 heterocycles. The molecular formula is C55H34N2S3. The summed E-state index contributed by atoms with van der Waals surface area (Å²) in [6.07, 6.45) is 0. The Morgan fingerprint density at radius 1 is 0.317 bits per heavy atom. The van der Waals surface area contributed by atoms with Gasteiger partial charge in [-0.2, -0.15) is 0 Å². The highest BCUT2D eigenvalue weighted by molar-refractivity contribution is 7.27. The maximum Gasteiger partial charge on any atom is 0.124 e. The van der Waals surface area contributed by atoms with Crippen molar-refractivity contribution >= 4 is 102 Å². The molecule has 0 aliphatic heterocycles. The topological polar surface area (TPSA) is 16.1 Å². The predicted octanol–water partition coefficient (Wildman–Crippen LogP) is 17.2. The van der Waals surface area contributed by atoms with Crippen LogP contribution in [0, 0.1) is 0 Å². The van der Waals surface area contributed by atoms with Gasteiger partial charge in [0.05, 0.1) is 10.2 Å². The van der Waals surface area contributed by atoms with Gasteiger partial charge < -0.3 is 4.90 Å². The number of thiazole rings is 1. The Kier molecular flexibility index (Phi) is 8.44. The smallest absolute Gasteiger partial charge is 0.124 e. The van der Waals surface area contributed by atoms with E-state index in [1.54, 1.807) is 11.3 Å². The highest BCUT2D eigenvalue weighted by Crippen LogP contribution is 2.45. The minimum atomic E-state index is 1.07. The fourth-order valence-corrected chi connectivity index (χ4v) is 11.9. The lowest BCUT2D eigenvalue weighted by atomic mass is 9.98. The highest BCUT2D eigenvalue weighted by Gasteiger charge is 2.18. The van der Waals surface area contributed by atoms with Crippen molar-refractivity contribution in [1.29, 1.82) is 0 Å². The minimum Gasteiger partial charge on any atom is -0.310 e. The quantitative estimate of drug-likeness (QED) is 0.159. The van der Waals surface area contributed by atoms with Crippen LogP contribution in [0.5, 0.6) is 0 Å². The van der Waals surface area contributed by atoms with E-state index in [0.29, 0.717) is 0 Å². The molecule has 0 bridgehead atoms. The molecule has 0 saturated carbocycles. The Labute approximate surface area is 359 Å². The maximum absolute atomic E-state index is 5.18. The van der Waals surface area contributed by atoms with Crippen LogP contribution in [-0.4, -0.2) is 4.98 Å². The fraction of sp³-hybridized carbons (Fsp3) is 0. The van der Waals surface area contributed by atoms with E-state index in [4.69, 9.17) is 4.98 Å². The monoisotopic (exact) mass is 818 g/mol. The minimum absolute atomic E-state index is 1.07. The maximum atomic E-state index is 5.18. The molecule has 0 fully saturated rings. The van der Waals surface area contributed by atoms with Gasteiger partial charge in [0.1, 0.15) is 5.01 Å². The van der Waals surface area contributed by atoms with Crippen LogP contribution >= 0.6 is 34.0 Å². The SMILES string of the molecule is c1ccc(-c2ccc(N(c3ccc(-c4ccc5c(c4)sc4ccc6sc(-c7ccccc7)nc6c45)cc3)c3cccc(-c4cccc5sc6ccccc6c45)c3)cc2)cc1. The number of nitrogens with zero attached hydrogens (tertiary/aromatic N) is 2. The van der Waals surface area contributed by atoms with E-state index >= 15 is 0 Å². The number of aromatic nitrogens is 1. The molecule has 0 atom stereocenters. The summed E-state index contributed by atoms with van der Waals surface area (Å²) in [4.78, 5) is 7.56. The number of rotatable bonds is 7. The van der Waals surface area contributed by atoms with Crippen molar-refractivity contribution in [2.45, 2.75) is 0 Å². The van der Waals surface area contributed by atoms with Crippen molar-refractivity contribution in [2.24, 2.45) is 0 Å². The zero-order valence-electron chi connectivity index (χ0n) is 32.2. The van der Waals surface area contributed by atoms with Gasteiger partial charge in [-0.3, -0.25) is 0 Å². The largest absolute Gasteiger partial charge is 0.310 e. The molecule has 0 saturated heterocycles. The molecule has 0 N–H and O–H groups in total. The summed E-state index contributed by atoms with van der Waals surface area (Å²) >= 11 is 5.48. The Morgan fingerprint density at radius 2 is 0.883 bits per heavy atom. The Balaban J connectivity index is 0.936. The van der Waals surface area contributed by atoms with Gasteiger partial charge in [0, 0.05) is 63.0 Å². The second-order valence-corrected chi connectivity index (χ2v) is 18.3. The summed E-state index contributed by atoms with van der Waals surface area (Å²) in [7, 11) is 0. The molecule has 12 rings (SSSR count). The lowest BCUT2D eigenvalue weighted by molar-refractivity contribution is 1.28. The molecule has 0 radical (unpaired) electrons. The molecule has 60 heavy (non-hydrogen) atoms. The first-order valence-electron chi connectivity index (χ1n) is 20.1. The molecule has 5 heteroatoms. The number of hydrogen-bond acceptors (Lipinski definition) is 5. The van der Waals surface area contributed by atoms with Crippen LogP contribution in [0.3, 0.4) is 0 Å². The van der Waals surface area contributed by atoms with Crippen LogP contribution in [0.1, 0.15) is 0 Å². The fourth-order valence-electron chi connectivity index (χ4n) is 8.65. The van der Waals surface area contributed by atoms with Crippen molar-refractivity contribution in [1.82, 2.24) is 4.98 Å². The number of thiophene rings is 2. The zero-order valence-corrected chi connectivity index (χ0v) is 34.7. The van der Waals surface area contributed by atoms with E-state index in [-0.39, 0.29) is 0 Å². The number of benzene rings is 9. The van der Waals surface area contributed by atoms with E-state index in [0.717, 1.165) is 33.1 Å². The first-order chi connectivity index (χ1) is 29.7. The van der Waals surface area contributed by atoms with Gasteiger partial charge in [-0.1, -0.05) is 140 Å². The average molecular weight is 819 g/mol. The van der Waals surface area contributed by atoms with E-state index in [2.05, 4.69) is 211 Å². The third-order valence-corrected chi connectivity index (χ3v) is 14.8. The molecule has 0 aliphatic rings. The van der Waals surface area contributed by atoms with Gasteiger partial charge in [0.25, 0.3) is 0 Å². The Hall–Kier alpha value is -6.89. The van der Waals surface area contributed by atoms with Crippen molar-refractivity contribution in [2.75, 3.05) is 4.90 Å². The second kappa shape index (κ2) is 14.4. The van der Waals surface area contributed by atoms with E-state index in [1.807, 2.05) is 22.7 Å². The molecule has 3 aromatic heterocycles. The first-order valence-corrected chi connectivity index (χ1v) is 22.5. The second-order valence-electron chi connectivity index (χ2n) is 15.1. The Bertz CT molecular complexity index is 3530. The molecule has 0 amide bonds. The van der Waals surface area contributed by atoms with Gasteiger partial charge in [-0.25, -0.2) is 4.98 Å². The van der Waals surface area contributed by atoms with Gasteiger partial charge in [0.15, 0.2) is 0 Å². The molecule has 0 aliphatic carbocycles. The van der Waals surface area contributed by atoms with Crippen LogP contribution in [0.2, 0.25) is 0 Å². The zero-order chi connectivity index (χ0) is 39.6. The van der Waals surface area contributed by atoms with Crippen molar-refractivity contribution in [3.63, 3.8) is 0 Å². The molecule has 282 valence electrons. The van der Waals surface area contributed by atoms with Crippen LogP contribution in [0.15, 0.2) is 206 Å². The van der Waals surface area contributed by atoms with Crippen molar-refractivity contribution < 1.29 is 0 Å². The molecule has 2 nitrogen and oxygen atoms in total. The predicted molar refractivity (Wildman–Crippen MR) is 262 cm³/mol. The van der Waals surface area contributed by atoms with Crippen LogP contribution < -0.4 is 4.90 Å². The van der Waals surface area contributed by atoms with Gasteiger partial charge in [-0.05, 0) is 100 Å². The van der Waals surface area contributed by atoms with Crippen LogP contribution in [-0.2, 0) is 0 Å². The third-order valence-electron chi connectivity index (χ3n) is 11.5. The Morgan fingerprint density at radius 3 is 1.67 bits per heavy atom. The summed E-state index contributed by atoms with van der Waals surface area (Å²) in [6, 6.07) is 75.0. The first kappa shape index (κ1) is 35.1. The normalized spacial score (nSPS) is 11.7. The molecule has 0 unspecified atom stereocenters. The van der Waals surface area contributed by atoms with E-state index in [9.17, 15) is 0 Å². The molecule has 9 aromatic carbocycles. The highest BCUT2D eigenvalue weighted by atomic mass is 32.1. The summed E-state index contributed by atoms with van der Waals surface area (Å²) in [5.41, 5.74) is 12.8. The number of fused-ring (bicyclic) bond motifs is 8. The standard InChI is InChI=1S/C55H34N2S3/c1-3-11-35(12-4-1)36-21-26-41(27-22-36)57(43-16-9-15-40(33-43)44-18-10-20-48-52(44)45-17-7-8-19-47(45)58-48)42-28-23-37(24-29-42)39-25-30-46-51(34-39)59-49-31-32-50-54(53(46)49)56-55(60-50)38-13-5-2-6-14-38/h1-34H. The van der Waals surface area contributed by atoms with Gasteiger partial charge in [-0.15, -0.1) is 34.0 Å². The molecular weight excluding hydrogens is 785 g/mol. The average Bonchev–Trinajstić information content (AvgIpc) is 4.04. The van der Waals surface area contributed by atoms with E-state index in [1.165, 1.54) is 78.4 Å². The summed E-state index contributed by atoms with van der Waals surface area (Å²) in [5.74, 6) is 0. The lowest BCUT2D eigenvalue weighted by Gasteiger charge is -2.26. The lowest BCUT2D eigenvalue weighted by Crippen LogP contribution is -2.10. The summed E-state index contributed by atoms with van der Waals surface area (Å²) < 4.78 is 6.40. The number of anilines is 3. The van der Waals surface area contributed by atoms with Crippen molar-refractivity contribution in [3.8, 4) is 44.0 Å².